The van der Waals surface area contributed by atoms with E-state index in [1.54, 1.807) is 6.07 Å². The lowest BCUT2D eigenvalue weighted by molar-refractivity contribution is -0.388. The normalized spacial score (nSPS) is 12.8. The summed E-state index contributed by atoms with van der Waals surface area (Å²) >= 11 is -2.58. The van der Waals surface area contributed by atoms with Crippen LogP contribution in [0.25, 0.3) is 0 Å². The van der Waals surface area contributed by atoms with Crippen molar-refractivity contribution in [1.82, 2.24) is 0 Å². The summed E-state index contributed by atoms with van der Waals surface area (Å²) in [6.07, 6.45) is 0. The molecule has 1 atom stereocenters. The van der Waals surface area contributed by atoms with Crippen molar-refractivity contribution in [2.24, 2.45) is 0 Å². The molecule has 0 bridgehead atoms. The van der Waals surface area contributed by atoms with Crippen molar-refractivity contribution in [3.8, 4) is 0 Å². The molecule has 21 heavy (non-hydrogen) atoms. The van der Waals surface area contributed by atoms with Crippen molar-refractivity contribution in [2.45, 2.75) is 14.7 Å². The maximum absolute atomic E-state index is 12.3. The van der Waals surface area contributed by atoms with Crippen molar-refractivity contribution < 1.29 is 22.1 Å². The molecule has 0 fully saturated rings. The van der Waals surface area contributed by atoms with Gasteiger partial charge in [0.15, 0.2) is 11.1 Å². The highest BCUT2D eigenvalue weighted by Crippen LogP contribution is 2.28. The SMILES string of the molecule is O=[N+]([O-])c1cc(S(=O)(=O)c2ccccc2)ccc1S(=O)O. The Labute approximate surface area is 122 Å². The summed E-state index contributed by atoms with van der Waals surface area (Å²) in [5, 5.41) is 10.9. The molecule has 7 nitrogen and oxygen atoms in total. The van der Waals surface area contributed by atoms with E-state index in [-0.39, 0.29) is 9.79 Å². The van der Waals surface area contributed by atoms with Crippen molar-refractivity contribution >= 4 is 26.6 Å². The van der Waals surface area contributed by atoms with Gasteiger partial charge < -0.3 is 4.55 Å². The molecule has 0 radical (unpaired) electrons. The van der Waals surface area contributed by atoms with Gasteiger partial charge in [-0.25, -0.2) is 12.6 Å². The molecule has 0 amide bonds. The molecule has 0 aliphatic carbocycles. The van der Waals surface area contributed by atoms with Gasteiger partial charge in [0, 0.05) is 6.07 Å². The number of nitro groups is 1. The van der Waals surface area contributed by atoms with Crippen LogP contribution >= 0.6 is 0 Å². The second-order valence-electron chi connectivity index (χ2n) is 3.95. The number of benzene rings is 2. The van der Waals surface area contributed by atoms with Crippen LogP contribution < -0.4 is 0 Å². The van der Waals surface area contributed by atoms with Gasteiger partial charge >= 0.3 is 0 Å². The zero-order valence-electron chi connectivity index (χ0n) is 10.4. The fraction of sp³-hybridized carbons (Fsp3) is 0. The molecule has 110 valence electrons. The molecule has 1 unspecified atom stereocenters. The molecule has 9 heteroatoms. The van der Waals surface area contributed by atoms with Gasteiger partial charge in [-0.3, -0.25) is 10.1 Å². The molecule has 0 aromatic heterocycles. The van der Waals surface area contributed by atoms with Crippen LogP contribution in [0, 0.1) is 10.1 Å². The third-order valence-corrected chi connectivity index (χ3v) is 5.17. The van der Waals surface area contributed by atoms with Gasteiger partial charge in [-0.05, 0) is 24.3 Å². The second kappa shape index (κ2) is 5.72. The summed E-state index contributed by atoms with van der Waals surface area (Å²) in [6.45, 7) is 0. The Kier molecular flexibility index (Phi) is 4.16. The Morgan fingerprint density at radius 3 is 2.19 bits per heavy atom. The van der Waals surface area contributed by atoms with E-state index >= 15 is 0 Å². The lowest BCUT2D eigenvalue weighted by Crippen LogP contribution is -2.04. The largest absolute Gasteiger partial charge is 0.302 e. The van der Waals surface area contributed by atoms with Gasteiger partial charge in [-0.1, -0.05) is 18.2 Å². The van der Waals surface area contributed by atoms with Crippen molar-refractivity contribution in [1.29, 1.82) is 0 Å². The Morgan fingerprint density at radius 2 is 1.67 bits per heavy atom. The van der Waals surface area contributed by atoms with E-state index in [2.05, 4.69) is 0 Å². The van der Waals surface area contributed by atoms with E-state index in [4.69, 9.17) is 4.55 Å². The fourth-order valence-corrected chi connectivity index (χ4v) is 3.49. The Morgan fingerprint density at radius 1 is 1.05 bits per heavy atom. The van der Waals surface area contributed by atoms with Gasteiger partial charge in [0.2, 0.25) is 9.84 Å². The van der Waals surface area contributed by atoms with E-state index in [1.807, 2.05) is 0 Å². The lowest BCUT2D eigenvalue weighted by Gasteiger charge is -2.05. The molecule has 0 spiro atoms. The number of hydrogen-bond donors (Lipinski definition) is 1. The molecular formula is C12H9NO6S2. The number of hydrogen-bond acceptors (Lipinski definition) is 5. The highest BCUT2D eigenvalue weighted by atomic mass is 32.2. The molecule has 0 saturated carbocycles. The van der Waals surface area contributed by atoms with Crippen LogP contribution in [0.2, 0.25) is 0 Å². The molecular weight excluding hydrogens is 318 g/mol. The predicted molar refractivity (Wildman–Crippen MR) is 74.0 cm³/mol. The van der Waals surface area contributed by atoms with Gasteiger partial charge in [0.1, 0.15) is 4.90 Å². The van der Waals surface area contributed by atoms with Crippen LogP contribution in [0.4, 0.5) is 5.69 Å². The first-order valence-electron chi connectivity index (χ1n) is 5.53. The van der Waals surface area contributed by atoms with Crippen LogP contribution in [0.15, 0.2) is 63.2 Å². The smallest absolute Gasteiger partial charge is 0.289 e. The summed E-state index contributed by atoms with van der Waals surface area (Å²) in [6, 6.07) is 10.2. The molecule has 2 rings (SSSR count). The quantitative estimate of drug-likeness (QED) is 0.522. The minimum Gasteiger partial charge on any atom is -0.302 e. The maximum atomic E-state index is 12.3. The second-order valence-corrected chi connectivity index (χ2v) is 6.84. The molecule has 0 heterocycles. The highest BCUT2D eigenvalue weighted by molar-refractivity contribution is 7.91. The summed E-state index contributed by atoms with van der Waals surface area (Å²) in [7, 11) is -3.92. The number of nitrogens with zero attached hydrogens (tertiary/aromatic N) is 1. The van der Waals surface area contributed by atoms with E-state index in [0.717, 1.165) is 18.2 Å². The fourth-order valence-electron chi connectivity index (χ4n) is 1.69. The van der Waals surface area contributed by atoms with E-state index in [1.165, 1.54) is 24.3 Å². The van der Waals surface area contributed by atoms with Crippen LogP contribution in [0.3, 0.4) is 0 Å². The van der Waals surface area contributed by atoms with Gasteiger partial charge in [0.25, 0.3) is 5.69 Å². The third kappa shape index (κ3) is 2.99. The van der Waals surface area contributed by atoms with Crippen LogP contribution in [0.1, 0.15) is 0 Å². The third-order valence-electron chi connectivity index (χ3n) is 2.68. The average molecular weight is 327 g/mol. The van der Waals surface area contributed by atoms with Gasteiger partial charge in [-0.15, -0.1) is 0 Å². The van der Waals surface area contributed by atoms with Gasteiger partial charge in [0.05, 0.1) is 14.7 Å². The van der Waals surface area contributed by atoms with Gasteiger partial charge in [-0.2, -0.15) is 0 Å². The Hall–Kier alpha value is -2.10. The number of sulfone groups is 1. The maximum Gasteiger partial charge on any atom is 0.289 e. The zero-order chi connectivity index (χ0) is 15.6. The molecule has 0 saturated heterocycles. The molecule has 0 aliphatic heterocycles. The molecule has 2 aromatic carbocycles. The minimum atomic E-state index is -3.92. The zero-order valence-corrected chi connectivity index (χ0v) is 12.0. The Bertz CT molecular complexity index is 817. The first-order chi connectivity index (χ1) is 9.84. The Balaban J connectivity index is 2.64. The first kappa shape index (κ1) is 15.3. The monoisotopic (exact) mass is 327 g/mol. The van der Waals surface area contributed by atoms with E-state index in [0.29, 0.717) is 0 Å². The van der Waals surface area contributed by atoms with Crippen LogP contribution in [-0.2, 0) is 20.9 Å². The standard InChI is InChI=1S/C12H9NO6S2/c14-13(15)11-8-10(6-7-12(11)20(16)17)21(18,19)9-4-2-1-3-5-9/h1-8H,(H,16,17). The first-order valence-corrected chi connectivity index (χ1v) is 8.12. The molecule has 1 N–H and O–H groups in total. The number of nitro benzene ring substituents is 1. The lowest BCUT2D eigenvalue weighted by atomic mass is 10.3. The topological polar surface area (TPSA) is 115 Å². The average Bonchev–Trinajstić information content (AvgIpc) is 2.47. The van der Waals surface area contributed by atoms with Crippen molar-refractivity contribution in [3.05, 3.63) is 58.6 Å². The summed E-state index contributed by atoms with van der Waals surface area (Å²) < 4.78 is 44.7. The van der Waals surface area contributed by atoms with Crippen molar-refractivity contribution in [3.63, 3.8) is 0 Å². The summed E-state index contributed by atoms with van der Waals surface area (Å²) in [4.78, 5) is 9.23. The van der Waals surface area contributed by atoms with E-state index in [9.17, 15) is 22.7 Å². The summed E-state index contributed by atoms with van der Waals surface area (Å²) in [5.74, 6) is 0. The van der Waals surface area contributed by atoms with E-state index < -0.39 is 36.4 Å². The molecule has 2 aromatic rings. The van der Waals surface area contributed by atoms with Crippen LogP contribution in [0.5, 0.6) is 0 Å². The minimum absolute atomic E-state index is 0.0165. The number of rotatable bonds is 4. The highest BCUT2D eigenvalue weighted by Gasteiger charge is 2.24. The summed E-state index contributed by atoms with van der Waals surface area (Å²) in [5.41, 5.74) is -0.715. The van der Waals surface area contributed by atoms with Crippen LogP contribution in [-0.4, -0.2) is 22.1 Å². The molecule has 0 aliphatic rings. The van der Waals surface area contributed by atoms with Crippen molar-refractivity contribution in [2.75, 3.05) is 0 Å². The predicted octanol–water partition coefficient (Wildman–Crippen LogP) is 2.01.